The second-order valence-corrected chi connectivity index (χ2v) is 4.87. The Bertz CT molecular complexity index is 779. The number of hydrogen-bond acceptors (Lipinski definition) is 5. The fourth-order valence-corrected chi connectivity index (χ4v) is 2.21. The molecule has 0 saturated heterocycles. The van der Waals surface area contributed by atoms with Gasteiger partial charge in [0.1, 0.15) is 11.5 Å². The van der Waals surface area contributed by atoms with Gasteiger partial charge in [-0.15, -0.1) is 0 Å². The Balaban J connectivity index is 1.83. The molecule has 3 aromatic rings. The predicted molar refractivity (Wildman–Crippen MR) is 82.1 cm³/mol. The summed E-state index contributed by atoms with van der Waals surface area (Å²) in [7, 11) is 0. The van der Waals surface area contributed by atoms with Crippen molar-refractivity contribution in [1.82, 2.24) is 24.7 Å². The molecule has 0 saturated carbocycles. The summed E-state index contributed by atoms with van der Waals surface area (Å²) in [5, 5.41) is 2.93. The first kappa shape index (κ1) is 14.0. The minimum atomic E-state index is -0.274. The van der Waals surface area contributed by atoms with Crippen molar-refractivity contribution in [2.24, 2.45) is 0 Å². The molecule has 0 bridgehead atoms. The van der Waals surface area contributed by atoms with Crippen LogP contribution in [0.2, 0.25) is 0 Å². The number of nitrogen functional groups attached to an aromatic ring is 1. The molecule has 1 unspecified atom stereocenters. The van der Waals surface area contributed by atoms with Gasteiger partial charge in [-0.3, -0.25) is 9.20 Å². The van der Waals surface area contributed by atoms with Gasteiger partial charge in [-0.1, -0.05) is 13.0 Å². The normalized spacial score (nSPS) is 12.2. The molecule has 7 heteroatoms. The maximum atomic E-state index is 12.3. The SMILES string of the molecule is CCC(NC(=O)c1cccc(N)n1)c1cn2cccnc2n1. The second kappa shape index (κ2) is 5.80. The van der Waals surface area contributed by atoms with Gasteiger partial charge in [-0.05, 0) is 24.6 Å². The fourth-order valence-electron chi connectivity index (χ4n) is 2.21. The summed E-state index contributed by atoms with van der Waals surface area (Å²) >= 11 is 0. The average Bonchev–Trinajstić information content (AvgIpc) is 2.96. The van der Waals surface area contributed by atoms with Gasteiger partial charge in [-0.25, -0.2) is 15.0 Å². The maximum absolute atomic E-state index is 12.3. The van der Waals surface area contributed by atoms with Crippen molar-refractivity contribution in [3.63, 3.8) is 0 Å². The zero-order valence-corrected chi connectivity index (χ0v) is 12.1. The van der Waals surface area contributed by atoms with Crippen molar-refractivity contribution in [3.05, 3.63) is 54.2 Å². The number of rotatable bonds is 4. The molecule has 0 radical (unpaired) electrons. The first-order valence-electron chi connectivity index (χ1n) is 7.00. The van der Waals surface area contributed by atoms with Crippen molar-refractivity contribution < 1.29 is 4.79 Å². The minimum Gasteiger partial charge on any atom is -0.384 e. The number of imidazole rings is 1. The summed E-state index contributed by atoms with van der Waals surface area (Å²) in [4.78, 5) is 24.9. The summed E-state index contributed by atoms with van der Waals surface area (Å²) in [5.74, 6) is 0.647. The zero-order chi connectivity index (χ0) is 15.5. The average molecular weight is 296 g/mol. The molecule has 3 heterocycles. The monoisotopic (exact) mass is 296 g/mol. The highest BCUT2D eigenvalue weighted by atomic mass is 16.1. The van der Waals surface area contributed by atoms with Crippen LogP contribution in [-0.4, -0.2) is 25.3 Å². The first-order valence-corrected chi connectivity index (χ1v) is 7.00. The first-order chi connectivity index (χ1) is 10.7. The molecule has 22 heavy (non-hydrogen) atoms. The van der Waals surface area contributed by atoms with Crippen LogP contribution in [0.4, 0.5) is 5.82 Å². The van der Waals surface area contributed by atoms with Crippen LogP contribution in [0.5, 0.6) is 0 Å². The molecule has 0 aromatic carbocycles. The van der Waals surface area contributed by atoms with Gasteiger partial charge in [0.2, 0.25) is 5.78 Å². The molecular formula is C15H16N6O. The third kappa shape index (κ3) is 2.73. The number of nitrogens with two attached hydrogens (primary N) is 1. The van der Waals surface area contributed by atoms with Gasteiger partial charge >= 0.3 is 0 Å². The van der Waals surface area contributed by atoms with E-state index in [4.69, 9.17) is 5.73 Å². The van der Waals surface area contributed by atoms with Crippen LogP contribution in [-0.2, 0) is 0 Å². The number of pyridine rings is 1. The lowest BCUT2D eigenvalue weighted by Gasteiger charge is -2.14. The van der Waals surface area contributed by atoms with E-state index in [-0.39, 0.29) is 11.9 Å². The number of amides is 1. The van der Waals surface area contributed by atoms with Crippen LogP contribution in [0.3, 0.4) is 0 Å². The Kier molecular flexibility index (Phi) is 3.69. The van der Waals surface area contributed by atoms with E-state index in [1.54, 1.807) is 24.4 Å². The third-order valence-electron chi connectivity index (χ3n) is 3.33. The molecule has 1 amide bonds. The van der Waals surface area contributed by atoms with E-state index in [1.807, 2.05) is 29.8 Å². The Morgan fingerprint density at radius 2 is 2.23 bits per heavy atom. The van der Waals surface area contributed by atoms with E-state index in [1.165, 1.54) is 0 Å². The molecule has 0 aliphatic carbocycles. The number of fused-ring (bicyclic) bond motifs is 1. The van der Waals surface area contributed by atoms with Gasteiger partial charge in [0, 0.05) is 18.6 Å². The lowest BCUT2D eigenvalue weighted by molar-refractivity contribution is 0.0930. The Labute approximate surface area is 127 Å². The largest absolute Gasteiger partial charge is 0.384 e. The van der Waals surface area contributed by atoms with Crippen LogP contribution >= 0.6 is 0 Å². The van der Waals surface area contributed by atoms with E-state index >= 15 is 0 Å². The number of carbonyl (C=O) groups excluding carboxylic acids is 1. The standard InChI is InChI=1S/C15H16N6O/c1-2-10(12-9-21-8-4-7-17-15(21)20-12)19-14(22)11-5-3-6-13(16)18-11/h3-10H,2H2,1H3,(H2,16,18)(H,19,22). The third-order valence-corrected chi connectivity index (χ3v) is 3.33. The minimum absolute atomic E-state index is 0.211. The molecule has 1 atom stereocenters. The fraction of sp³-hybridized carbons (Fsp3) is 0.200. The van der Waals surface area contributed by atoms with Crippen molar-refractivity contribution in [2.45, 2.75) is 19.4 Å². The highest BCUT2D eigenvalue weighted by Gasteiger charge is 2.18. The van der Waals surface area contributed by atoms with E-state index in [0.717, 1.165) is 5.69 Å². The summed E-state index contributed by atoms with van der Waals surface area (Å²) in [5.41, 5.74) is 6.66. The van der Waals surface area contributed by atoms with Crippen molar-refractivity contribution in [2.75, 3.05) is 5.73 Å². The molecule has 0 aliphatic rings. The van der Waals surface area contributed by atoms with E-state index < -0.39 is 0 Å². The van der Waals surface area contributed by atoms with Crippen molar-refractivity contribution in [3.8, 4) is 0 Å². The molecular weight excluding hydrogens is 280 g/mol. The summed E-state index contributed by atoms with van der Waals surface area (Å²) in [6, 6.07) is 6.59. The van der Waals surface area contributed by atoms with Crippen LogP contribution in [0.1, 0.15) is 35.6 Å². The summed E-state index contributed by atoms with van der Waals surface area (Å²) in [6.45, 7) is 1.98. The summed E-state index contributed by atoms with van der Waals surface area (Å²) < 4.78 is 1.82. The Morgan fingerprint density at radius 3 is 2.95 bits per heavy atom. The predicted octanol–water partition coefficient (Wildman–Crippen LogP) is 1.59. The van der Waals surface area contributed by atoms with Crippen LogP contribution in [0.25, 0.3) is 5.78 Å². The van der Waals surface area contributed by atoms with Gasteiger partial charge in [0.05, 0.1) is 11.7 Å². The molecule has 3 rings (SSSR count). The molecule has 0 aliphatic heterocycles. The van der Waals surface area contributed by atoms with Gasteiger partial charge in [0.15, 0.2) is 0 Å². The Hall–Kier alpha value is -2.96. The highest BCUT2D eigenvalue weighted by molar-refractivity contribution is 5.92. The van der Waals surface area contributed by atoms with E-state index in [0.29, 0.717) is 23.7 Å². The smallest absolute Gasteiger partial charge is 0.270 e. The number of carbonyl (C=O) groups is 1. The number of nitrogens with one attached hydrogen (secondary N) is 1. The summed E-state index contributed by atoms with van der Waals surface area (Å²) in [6.07, 6.45) is 6.12. The van der Waals surface area contributed by atoms with Gasteiger partial charge < -0.3 is 11.1 Å². The van der Waals surface area contributed by atoms with E-state index in [2.05, 4.69) is 20.3 Å². The lowest BCUT2D eigenvalue weighted by Crippen LogP contribution is -2.29. The molecule has 3 aromatic heterocycles. The quantitative estimate of drug-likeness (QED) is 0.761. The number of aromatic nitrogens is 4. The van der Waals surface area contributed by atoms with Crippen molar-refractivity contribution >= 4 is 17.5 Å². The van der Waals surface area contributed by atoms with Crippen molar-refractivity contribution in [1.29, 1.82) is 0 Å². The Morgan fingerprint density at radius 1 is 1.36 bits per heavy atom. The van der Waals surface area contributed by atoms with E-state index in [9.17, 15) is 4.79 Å². The number of nitrogens with zero attached hydrogens (tertiary/aromatic N) is 4. The van der Waals surface area contributed by atoms with Crippen LogP contribution < -0.4 is 11.1 Å². The molecule has 0 fully saturated rings. The van der Waals surface area contributed by atoms with Gasteiger partial charge in [-0.2, -0.15) is 0 Å². The molecule has 7 nitrogen and oxygen atoms in total. The van der Waals surface area contributed by atoms with Gasteiger partial charge in [0.25, 0.3) is 5.91 Å². The molecule has 0 spiro atoms. The van der Waals surface area contributed by atoms with Crippen LogP contribution in [0, 0.1) is 0 Å². The topological polar surface area (TPSA) is 98.2 Å². The molecule has 3 N–H and O–H groups in total. The highest BCUT2D eigenvalue weighted by Crippen LogP contribution is 2.16. The maximum Gasteiger partial charge on any atom is 0.270 e. The zero-order valence-electron chi connectivity index (χ0n) is 12.1. The molecule has 112 valence electrons. The lowest BCUT2D eigenvalue weighted by atomic mass is 10.1. The second-order valence-electron chi connectivity index (χ2n) is 4.87. The van der Waals surface area contributed by atoms with Crippen LogP contribution in [0.15, 0.2) is 42.9 Å². The number of hydrogen-bond donors (Lipinski definition) is 2. The number of anilines is 1.